The highest BCUT2D eigenvalue weighted by molar-refractivity contribution is 4.59. The van der Waals surface area contributed by atoms with E-state index in [1.54, 1.807) is 0 Å². The minimum Gasteiger partial charge on any atom is -0.393 e. The van der Waals surface area contributed by atoms with E-state index in [9.17, 15) is 10.2 Å². The summed E-state index contributed by atoms with van der Waals surface area (Å²) in [5.41, 5.74) is 0. The lowest BCUT2D eigenvalue weighted by Crippen LogP contribution is -2.18. The quantitative estimate of drug-likeness (QED) is 0.607. The SMILES string of the molecule is CCOCC(O)CCC(O)CC. The molecule has 3 nitrogen and oxygen atoms in total. The van der Waals surface area contributed by atoms with Crippen LogP contribution in [0.3, 0.4) is 0 Å². The molecule has 0 spiro atoms. The van der Waals surface area contributed by atoms with Crippen LogP contribution in [0.1, 0.15) is 33.1 Å². The predicted molar refractivity (Wildman–Crippen MR) is 48.0 cm³/mol. The van der Waals surface area contributed by atoms with Crippen molar-refractivity contribution in [3.8, 4) is 0 Å². The number of hydrogen-bond acceptors (Lipinski definition) is 3. The molecule has 0 radical (unpaired) electrons. The third-order valence-electron chi connectivity index (χ3n) is 1.82. The van der Waals surface area contributed by atoms with Crippen molar-refractivity contribution in [2.75, 3.05) is 13.2 Å². The Balaban J connectivity index is 3.24. The molecule has 74 valence electrons. The summed E-state index contributed by atoms with van der Waals surface area (Å²) in [4.78, 5) is 0. The van der Waals surface area contributed by atoms with Crippen LogP contribution in [0.2, 0.25) is 0 Å². The topological polar surface area (TPSA) is 49.7 Å². The second kappa shape index (κ2) is 7.53. The summed E-state index contributed by atoms with van der Waals surface area (Å²) < 4.78 is 5.03. The summed E-state index contributed by atoms with van der Waals surface area (Å²) in [7, 11) is 0. The highest BCUT2D eigenvalue weighted by Crippen LogP contribution is 2.04. The van der Waals surface area contributed by atoms with E-state index in [2.05, 4.69) is 0 Å². The fraction of sp³-hybridized carbons (Fsp3) is 1.00. The second-order valence-corrected chi connectivity index (χ2v) is 2.95. The third-order valence-corrected chi connectivity index (χ3v) is 1.82. The summed E-state index contributed by atoms with van der Waals surface area (Å²) in [6, 6.07) is 0. The summed E-state index contributed by atoms with van der Waals surface area (Å²) in [5.74, 6) is 0. The molecule has 0 aromatic rings. The molecule has 0 bridgehead atoms. The van der Waals surface area contributed by atoms with Crippen molar-refractivity contribution < 1.29 is 14.9 Å². The van der Waals surface area contributed by atoms with Crippen LogP contribution in [-0.4, -0.2) is 35.6 Å². The normalized spacial score (nSPS) is 16.0. The molecule has 0 fully saturated rings. The summed E-state index contributed by atoms with van der Waals surface area (Å²) in [6.45, 7) is 4.84. The van der Waals surface area contributed by atoms with Gasteiger partial charge >= 0.3 is 0 Å². The van der Waals surface area contributed by atoms with Crippen molar-refractivity contribution in [1.29, 1.82) is 0 Å². The van der Waals surface area contributed by atoms with Gasteiger partial charge in [0.25, 0.3) is 0 Å². The molecule has 0 amide bonds. The molecule has 0 rings (SSSR count). The van der Waals surface area contributed by atoms with Crippen LogP contribution in [0, 0.1) is 0 Å². The maximum Gasteiger partial charge on any atom is 0.0774 e. The van der Waals surface area contributed by atoms with Crippen LogP contribution in [-0.2, 0) is 4.74 Å². The minimum absolute atomic E-state index is 0.277. The van der Waals surface area contributed by atoms with Gasteiger partial charge < -0.3 is 14.9 Å². The van der Waals surface area contributed by atoms with E-state index >= 15 is 0 Å². The molecule has 0 aliphatic carbocycles. The van der Waals surface area contributed by atoms with Crippen molar-refractivity contribution in [3.63, 3.8) is 0 Å². The van der Waals surface area contributed by atoms with Crippen LogP contribution < -0.4 is 0 Å². The van der Waals surface area contributed by atoms with Crippen molar-refractivity contribution in [2.45, 2.75) is 45.3 Å². The number of aliphatic hydroxyl groups is 2. The van der Waals surface area contributed by atoms with E-state index in [-0.39, 0.29) is 6.10 Å². The van der Waals surface area contributed by atoms with E-state index in [0.29, 0.717) is 26.1 Å². The highest BCUT2D eigenvalue weighted by atomic mass is 16.5. The van der Waals surface area contributed by atoms with Crippen LogP contribution in [0.5, 0.6) is 0 Å². The Morgan fingerprint density at radius 2 is 1.67 bits per heavy atom. The molecular weight excluding hydrogens is 156 g/mol. The number of rotatable bonds is 7. The molecule has 2 atom stereocenters. The second-order valence-electron chi connectivity index (χ2n) is 2.95. The van der Waals surface area contributed by atoms with E-state index in [4.69, 9.17) is 4.74 Å². The molecule has 2 unspecified atom stereocenters. The first-order valence-corrected chi connectivity index (χ1v) is 4.64. The van der Waals surface area contributed by atoms with Gasteiger partial charge in [0.05, 0.1) is 18.8 Å². The molecule has 0 saturated carbocycles. The number of ether oxygens (including phenoxy) is 1. The van der Waals surface area contributed by atoms with Crippen molar-refractivity contribution in [1.82, 2.24) is 0 Å². The Morgan fingerprint density at radius 1 is 1.08 bits per heavy atom. The average Bonchev–Trinajstić information content (AvgIpc) is 2.10. The molecule has 0 heterocycles. The standard InChI is InChI=1S/C9H20O3/c1-3-8(10)5-6-9(11)7-12-4-2/h8-11H,3-7H2,1-2H3. The number of hydrogen-bond donors (Lipinski definition) is 2. The van der Waals surface area contributed by atoms with Crippen molar-refractivity contribution >= 4 is 0 Å². The minimum atomic E-state index is -0.425. The van der Waals surface area contributed by atoms with Gasteiger partial charge in [0, 0.05) is 6.61 Å². The van der Waals surface area contributed by atoms with Crippen LogP contribution >= 0.6 is 0 Å². The molecule has 0 saturated heterocycles. The Kier molecular flexibility index (Phi) is 7.45. The summed E-state index contributed by atoms with van der Waals surface area (Å²) in [5, 5.41) is 18.5. The Bertz CT molecular complexity index is 95.8. The lowest BCUT2D eigenvalue weighted by molar-refractivity contribution is 0.0283. The van der Waals surface area contributed by atoms with E-state index in [1.807, 2.05) is 13.8 Å². The zero-order chi connectivity index (χ0) is 9.40. The smallest absolute Gasteiger partial charge is 0.0774 e. The lowest BCUT2D eigenvalue weighted by Gasteiger charge is -2.12. The fourth-order valence-electron chi connectivity index (χ4n) is 0.926. The van der Waals surface area contributed by atoms with Crippen LogP contribution in [0.15, 0.2) is 0 Å². The Morgan fingerprint density at radius 3 is 2.17 bits per heavy atom. The highest BCUT2D eigenvalue weighted by Gasteiger charge is 2.07. The Hall–Kier alpha value is -0.120. The number of aliphatic hydroxyl groups excluding tert-OH is 2. The van der Waals surface area contributed by atoms with E-state index < -0.39 is 6.10 Å². The molecular formula is C9H20O3. The fourth-order valence-corrected chi connectivity index (χ4v) is 0.926. The average molecular weight is 176 g/mol. The molecule has 2 N–H and O–H groups in total. The predicted octanol–water partition coefficient (Wildman–Crippen LogP) is 0.935. The van der Waals surface area contributed by atoms with Crippen LogP contribution in [0.25, 0.3) is 0 Å². The van der Waals surface area contributed by atoms with Gasteiger partial charge in [-0.3, -0.25) is 0 Å². The molecule has 0 aliphatic heterocycles. The van der Waals surface area contributed by atoms with Gasteiger partial charge in [0.15, 0.2) is 0 Å². The van der Waals surface area contributed by atoms with Gasteiger partial charge in [-0.15, -0.1) is 0 Å². The molecule has 12 heavy (non-hydrogen) atoms. The first kappa shape index (κ1) is 11.9. The van der Waals surface area contributed by atoms with Gasteiger partial charge in [-0.25, -0.2) is 0 Å². The van der Waals surface area contributed by atoms with Gasteiger partial charge in [-0.1, -0.05) is 6.92 Å². The maximum atomic E-state index is 9.29. The van der Waals surface area contributed by atoms with E-state index in [1.165, 1.54) is 0 Å². The van der Waals surface area contributed by atoms with Gasteiger partial charge in [0.1, 0.15) is 0 Å². The molecule has 0 aromatic carbocycles. The third kappa shape index (κ3) is 6.58. The maximum absolute atomic E-state index is 9.29. The van der Waals surface area contributed by atoms with Gasteiger partial charge in [-0.2, -0.15) is 0 Å². The van der Waals surface area contributed by atoms with Gasteiger partial charge in [-0.05, 0) is 26.2 Å². The van der Waals surface area contributed by atoms with Gasteiger partial charge in [0.2, 0.25) is 0 Å². The summed E-state index contributed by atoms with van der Waals surface area (Å²) in [6.07, 6.45) is 1.33. The monoisotopic (exact) mass is 176 g/mol. The molecule has 3 heteroatoms. The largest absolute Gasteiger partial charge is 0.393 e. The first-order chi connectivity index (χ1) is 5.70. The first-order valence-electron chi connectivity index (χ1n) is 4.64. The molecule has 0 aromatic heterocycles. The van der Waals surface area contributed by atoms with Crippen LogP contribution in [0.4, 0.5) is 0 Å². The van der Waals surface area contributed by atoms with Crippen molar-refractivity contribution in [3.05, 3.63) is 0 Å². The van der Waals surface area contributed by atoms with Crippen molar-refractivity contribution in [2.24, 2.45) is 0 Å². The zero-order valence-corrected chi connectivity index (χ0v) is 7.99. The Labute approximate surface area is 74.4 Å². The lowest BCUT2D eigenvalue weighted by atomic mass is 10.1. The molecule has 0 aliphatic rings. The summed E-state index contributed by atoms with van der Waals surface area (Å²) >= 11 is 0. The zero-order valence-electron chi connectivity index (χ0n) is 7.99. The van der Waals surface area contributed by atoms with E-state index in [0.717, 1.165) is 6.42 Å².